The average molecular weight is 349 g/mol. The fourth-order valence-electron chi connectivity index (χ4n) is 3.75. The second kappa shape index (κ2) is 7.39. The van der Waals surface area contributed by atoms with E-state index in [4.69, 9.17) is 13.9 Å². The van der Waals surface area contributed by atoms with Crippen LogP contribution >= 0.6 is 0 Å². The lowest BCUT2D eigenvalue weighted by Gasteiger charge is -2.43. The van der Waals surface area contributed by atoms with Crippen LogP contribution in [-0.2, 0) is 14.3 Å². The first-order valence-corrected chi connectivity index (χ1v) is 8.67. The van der Waals surface area contributed by atoms with Gasteiger partial charge in [-0.2, -0.15) is 0 Å². The first-order chi connectivity index (χ1) is 12.0. The molecule has 1 aliphatic heterocycles. The fraction of sp³-hybridized carbons (Fsp3) is 0.611. The predicted octanol–water partition coefficient (Wildman–Crippen LogP) is 1.58. The molecule has 1 aliphatic carbocycles. The summed E-state index contributed by atoms with van der Waals surface area (Å²) < 4.78 is 15.9. The molecule has 0 bridgehead atoms. The molecule has 0 N–H and O–H groups in total. The number of nitrogens with zero attached hydrogens (tertiary/aromatic N) is 1. The quantitative estimate of drug-likeness (QED) is 0.770. The third-order valence-corrected chi connectivity index (χ3v) is 4.92. The number of morpholine rings is 1. The Balaban J connectivity index is 1.64. The Morgan fingerprint density at radius 3 is 2.80 bits per heavy atom. The summed E-state index contributed by atoms with van der Waals surface area (Å²) in [5.41, 5.74) is 0.161. The normalized spacial score (nSPS) is 23.0. The fourth-order valence-corrected chi connectivity index (χ4v) is 3.75. The SMILES string of the molecule is Cc1cc(=O)oc(C)c1C(=O)OCC(=O)N1CCO[C@H]2CCCC[C@@H]21. The van der Waals surface area contributed by atoms with Crippen LogP contribution in [0.3, 0.4) is 0 Å². The van der Waals surface area contributed by atoms with Gasteiger partial charge in [0.2, 0.25) is 0 Å². The zero-order valence-electron chi connectivity index (χ0n) is 14.6. The van der Waals surface area contributed by atoms with E-state index in [9.17, 15) is 14.4 Å². The van der Waals surface area contributed by atoms with E-state index < -0.39 is 11.6 Å². The van der Waals surface area contributed by atoms with E-state index in [0.717, 1.165) is 25.7 Å². The lowest BCUT2D eigenvalue weighted by atomic mass is 9.90. The highest BCUT2D eigenvalue weighted by molar-refractivity contribution is 5.93. The number of ether oxygens (including phenoxy) is 2. The van der Waals surface area contributed by atoms with Crippen LogP contribution in [0.1, 0.15) is 47.4 Å². The number of esters is 1. The van der Waals surface area contributed by atoms with E-state index >= 15 is 0 Å². The molecular weight excluding hydrogens is 326 g/mol. The van der Waals surface area contributed by atoms with Crippen molar-refractivity contribution in [3.63, 3.8) is 0 Å². The number of hydrogen-bond donors (Lipinski definition) is 0. The minimum atomic E-state index is -0.652. The van der Waals surface area contributed by atoms with Crippen molar-refractivity contribution in [3.8, 4) is 0 Å². The summed E-state index contributed by atoms with van der Waals surface area (Å²) in [6.07, 6.45) is 4.18. The van der Waals surface area contributed by atoms with E-state index in [1.54, 1.807) is 11.8 Å². The number of amides is 1. The van der Waals surface area contributed by atoms with Gasteiger partial charge in [0.1, 0.15) is 11.3 Å². The minimum absolute atomic E-state index is 0.0759. The molecule has 136 valence electrons. The Morgan fingerprint density at radius 2 is 2.04 bits per heavy atom. The summed E-state index contributed by atoms with van der Waals surface area (Å²) in [5.74, 6) is -0.664. The molecule has 1 saturated carbocycles. The molecule has 2 atom stereocenters. The Hall–Kier alpha value is -2.15. The molecule has 3 rings (SSSR count). The van der Waals surface area contributed by atoms with Crippen molar-refractivity contribution in [2.45, 2.75) is 51.7 Å². The summed E-state index contributed by atoms with van der Waals surface area (Å²) in [6, 6.07) is 1.31. The molecule has 2 heterocycles. The standard InChI is InChI=1S/C18H23NO6/c1-11-9-16(21)25-12(2)17(11)18(22)24-10-15(20)19-7-8-23-14-6-4-3-5-13(14)19/h9,13-14H,3-8,10H2,1-2H3/t13-,14-/m0/s1. The van der Waals surface area contributed by atoms with Crippen LogP contribution in [0.2, 0.25) is 0 Å². The predicted molar refractivity (Wildman–Crippen MR) is 88.4 cm³/mol. The second-order valence-electron chi connectivity index (χ2n) is 6.60. The Morgan fingerprint density at radius 1 is 1.28 bits per heavy atom. The second-order valence-corrected chi connectivity index (χ2v) is 6.60. The van der Waals surface area contributed by atoms with Gasteiger partial charge in [0.05, 0.1) is 18.8 Å². The largest absolute Gasteiger partial charge is 0.452 e. The maximum Gasteiger partial charge on any atom is 0.342 e. The maximum absolute atomic E-state index is 12.5. The first kappa shape index (κ1) is 17.7. The lowest BCUT2D eigenvalue weighted by Crippen LogP contribution is -2.55. The third kappa shape index (κ3) is 3.76. The van der Waals surface area contributed by atoms with Gasteiger partial charge in [-0.05, 0) is 32.3 Å². The smallest absolute Gasteiger partial charge is 0.342 e. The van der Waals surface area contributed by atoms with Crippen molar-refractivity contribution in [1.29, 1.82) is 0 Å². The van der Waals surface area contributed by atoms with E-state index in [-0.39, 0.29) is 36.0 Å². The molecule has 0 aromatic carbocycles. The summed E-state index contributed by atoms with van der Waals surface area (Å²) in [6.45, 7) is 3.89. The first-order valence-electron chi connectivity index (χ1n) is 8.67. The zero-order chi connectivity index (χ0) is 18.0. The third-order valence-electron chi connectivity index (χ3n) is 4.92. The summed E-state index contributed by atoms with van der Waals surface area (Å²) >= 11 is 0. The van der Waals surface area contributed by atoms with Crippen LogP contribution in [0.25, 0.3) is 0 Å². The Labute approximate surface area is 145 Å². The van der Waals surface area contributed by atoms with Crippen molar-refractivity contribution < 1.29 is 23.5 Å². The van der Waals surface area contributed by atoms with Crippen LogP contribution in [0.5, 0.6) is 0 Å². The Bertz CT molecular complexity index is 697. The Kier molecular flexibility index (Phi) is 5.22. The van der Waals surface area contributed by atoms with Crippen LogP contribution in [0.15, 0.2) is 15.3 Å². The van der Waals surface area contributed by atoms with Gasteiger partial charge < -0.3 is 18.8 Å². The molecule has 0 spiro atoms. The summed E-state index contributed by atoms with van der Waals surface area (Å²) in [7, 11) is 0. The van der Waals surface area contributed by atoms with Gasteiger partial charge in [0.25, 0.3) is 5.91 Å². The van der Waals surface area contributed by atoms with Crippen molar-refractivity contribution in [2.24, 2.45) is 0 Å². The van der Waals surface area contributed by atoms with Gasteiger partial charge in [0.15, 0.2) is 6.61 Å². The number of aryl methyl sites for hydroxylation is 2. The van der Waals surface area contributed by atoms with Crippen molar-refractivity contribution >= 4 is 11.9 Å². The lowest BCUT2D eigenvalue weighted by molar-refractivity contribution is -0.152. The van der Waals surface area contributed by atoms with Gasteiger partial charge in [-0.15, -0.1) is 0 Å². The molecule has 1 aromatic rings. The number of carbonyl (C=O) groups excluding carboxylic acids is 2. The molecule has 7 heteroatoms. The highest BCUT2D eigenvalue weighted by Gasteiger charge is 2.36. The number of hydrogen-bond acceptors (Lipinski definition) is 6. The molecule has 0 radical (unpaired) electrons. The van der Waals surface area contributed by atoms with Crippen LogP contribution in [0, 0.1) is 13.8 Å². The number of rotatable bonds is 3. The van der Waals surface area contributed by atoms with E-state index in [2.05, 4.69) is 0 Å². The zero-order valence-corrected chi connectivity index (χ0v) is 14.6. The van der Waals surface area contributed by atoms with Gasteiger partial charge in [0, 0.05) is 12.6 Å². The van der Waals surface area contributed by atoms with Crippen molar-refractivity contribution in [3.05, 3.63) is 33.4 Å². The van der Waals surface area contributed by atoms with Gasteiger partial charge in [-0.3, -0.25) is 4.79 Å². The average Bonchev–Trinajstić information content (AvgIpc) is 2.58. The van der Waals surface area contributed by atoms with Crippen molar-refractivity contribution in [2.75, 3.05) is 19.8 Å². The molecule has 2 aliphatic rings. The van der Waals surface area contributed by atoms with Gasteiger partial charge in [-0.1, -0.05) is 12.8 Å². The molecule has 1 aromatic heterocycles. The van der Waals surface area contributed by atoms with Gasteiger partial charge in [-0.25, -0.2) is 9.59 Å². The van der Waals surface area contributed by atoms with Crippen molar-refractivity contribution in [1.82, 2.24) is 4.90 Å². The monoisotopic (exact) mass is 349 g/mol. The topological polar surface area (TPSA) is 86.1 Å². The molecule has 2 fully saturated rings. The maximum atomic E-state index is 12.5. The van der Waals surface area contributed by atoms with Crippen LogP contribution in [-0.4, -0.2) is 48.7 Å². The number of fused-ring (bicyclic) bond motifs is 1. The molecule has 25 heavy (non-hydrogen) atoms. The van der Waals surface area contributed by atoms with Gasteiger partial charge >= 0.3 is 11.6 Å². The van der Waals surface area contributed by atoms with E-state index in [1.165, 1.54) is 13.0 Å². The van der Waals surface area contributed by atoms with Crippen LogP contribution in [0.4, 0.5) is 0 Å². The summed E-state index contributed by atoms with van der Waals surface area (Å²) in [5, 5.41) is 0. The highest BCUT2D eigenvalue weighted by atomic mass is 16.5. The molecule has 7 nitrogen and oxygen atoms in total. The van der Waals surface area contributed by atoms with E-state index in [1.807, 2.05) is 0 Å². The molecule has 1 amide bonds. The van der Waals surface area contributed by atoms with Crippen LogP contribution < -0.4 is 5.63 Å². The highest BCUT2D eigenvalue weighted by Crippen LogP contribution is 2.28. The minimum Gasteiger partial charge on any atom is -0.452 e. The number of carbonyl (C=O) groups is 2. The molecular formula is C18H23NO6. The molecule has 0 unspecified atom stereocenters. The molecule has 1 saturated heterocycles. The van der Waals surface area contributed by atoms with E-state index in [0.29, 0.717) is 18.7 Å². The summed E-state index contributed by atoms with van der Waals surface area (Å²) in [4.78, 5) is 37.9.